The van der Waals surface area contributed by atoms with Gasteiger partial charge in [0.1, 0.15) is 5.76 Å². The summed E-state index contributed by atoms with van der Waals surface area (Å²) in [6.45, 7) is 2.52. The van der Waals surface area contributed by atoms with E-state index in [4.69, 9.17) is 9.52 Å². The monoisotopic (exact) mass is 301 g/mol. The quantitative estimate of drug-likeness (QED) is 0.824. The highest BCUT2D eigenvalue weighted by atomic mass is 16.4. The third kappa shape index (κ3) is 3.97. The highest BCUT2D eigenvalue weighted by Gasteiger charge is 2.13. The first-order valence-corrected chi connectivity index (χ1v) is 7.28. The molecule has 0 fully saturated rings. The van der Waals surface area contributed by atoms with E-state index >= 15 is 0 Å². The van der Waals surface area contributed by atoms with Crippen molar-refractivity contribution in [1.29, 1.82) is 0 Å². The van der Waals surface area contributed by atoms with Crippen molar-refractivity contribution in [3.63, 3.8) is 0 Å². The van der Waals surface area contributed by atoms with Crippen LogP contribution in [-0.4, -0.2) is 23.5 Å². The number of carbonyl (C=O) groups is 2. The molecule has 1 aromatic heterocycles. The predicted molar refractivity (Wildman–Crippen MR) is 82.1 cm³/mol. The lowest BCUT2D eigenvalue weighted by atomic mass is 10.1. The van der Waals surface area contributed by atoms with Crippen LogP contribution in [0.15, 0.2) is 41.0 Å². The van der Waals surface area contributed by atoms with Gasteiger partial charge in [-0.2, -0.15) is 0 Å². The molecule has 2 rings (SSSR count). The molecular formula is C17H19NO4. The number of carboxylic acid groups (broad SMARTS) is 1. The van der Waals surface area contributed by atoms with Gasteiger partial charge in [-0.1, -0.05) is 19.1 Å². The van der Waals surface area contributed by atoms with Crippen LogP contribution in [0, 0.1) is 0 Å². The molecule has 0 bridgehead atoms. The second-order valence-corrected chi connectivity index (χ2v) is 5.02. The van der Waals surface area contributed by atoms with Crippen LogP contribution in [0.5, 0.6) is 0 Å². The van der Waals surface area contributed by atoms with Crippen molar-refractivity contribution in [1.82, 2.24) is 5.32 Å². The number of nitrogens with one attached hydrogen (secondary N) is 1. The lowest BCUT2D eigenvalue weighted by Gasteiger charge is -2.06. The van der Waals surface area contributed by atoms with Crippen LogP contribution in [0.4, 0.5) is 0 Å². The summed E-state index contributed by atoms with van der Waals surface area (Å²) >= 11 is 0. The van der Waals surface area contributed by atoms with Gasteiger partial charge in [0, 0.05) is 13.0 Å². The summed E-state index contributed by atoms with van der Waals surface area (Å²) < 4.78 is 5.31. The maximum atomic E-state index is 12.1. The third-order valence-electron chi connectivity index (χ3n) is 3.37. The van der Waals surface area contributed by atoms with Gasteiger partial charge in [-0.15, -0.1) is 0 Å². The van der Waals surface area contributed by atoms with E-state index < -0.39 is 5.97 Å². The third-order valence-corrected chi connectivity index (χ3v) is 3.37. The Morgan fingerprint density at radius 3 is 2.50 bits per heavy atom. The van der Waals surface area contributed by atoms with Crippen molar-refractivity contribution < 1.29 is 19.1 Å². The molecule has 1 heterocycles. The van der Waals surface area contributed by atoms with E-state index in [-0.39, 0.29) is 11.5 Å². The molecule has 0 saturated carbocycles. The molecule has 0 aliphatic heterocycles. The van der Waals surface area contributed by atoms with Gasteiger partial charge in [0.05, 0.1) is 17.4 Å². The Morgan fingerprint density at radius 2 is 1.86 bits per heavy atom. The summed E-state index contributed by atoms with van der Waals surface area (Å²) in [6, 6.07) is 8.33. The van der Waals surface area contributed by atoms with Gasteiger partial charge in [-0.3, -0.25) is 4.79 Å². The molecule has 0 unspecified atom stereocenters. The fourth-order valence-corrected chi connectivity index (χ4v) is 2.19. The number of rotatable bonds is 7. The summed E-state index contributed by atoms with van der Waals surface area (Å²) in [6.07, 6.45) is 3.84. The fourth-order valence-electron chi connectivity index (χ4n) is 2.19. The predicted octanol–water partition coefficient (Wildman–Crippen LogP) is 2.90. The number of aryl methyl sites for hydroxylation is 1. The van der Waals surface area contributed by atoms with E-state index in [0.717, 1.165) is 18.4 Å². The van der Waals surface area contributed by atoms with Gasteiger partial charge in [0.2, 0.25) is 0 Å². The zero-order valence-corrected chi connectivity index (χ0v) is 12.5. The van der Waals surface area contributed by atoms with Gasteiger partial charge in [-0.25, -0.2) is 4.79 Å². The Bertz CT molecular complexity index is 643. The van der Waals surface area contributed by atoms with Crippen molar-refractivity contribution in [3.8, 4) is 0 Å². The number of aromatic carboxylic acids is 1. The van der Waals surface area contributed by atoms with Crippen molar-refractivity contribution in [2.75, 3.05) is 6.54 Å². The van der Waals surface area contributed by atoms with E-state index in [1.165, 1.54) is 6.26 Å². The van der Waals surface area contributed by atoms with E-state index in [0.29, 0.717) is 24.3 Å². The molecule has 5 heteroatoms. The maximum absolute atomic E-state index is 12.1. The zero-order chi connectivity index (χ0) is 15.9. The largest absolute Gasteiger partial charge is 0.478 e. The second kappa shape index (κ2) is 7.45. The molecular weight excluding hydrogens is 282 g/mol. The van der Waals surface area contributed by atoms with Gasteiger partial charge < -0.3 is 14.8 Å². The van der Waals surface area contributed by atoms with E-state index in [1.54, 1.807) is 30.3 Å². The fraction of sp³-hybridized carbons (Fsp3) is 0.294. The van der Waals surface area contributed by atoms with E-state index in [9.17, 15) is 9.59 Å². The average molecular weight is 301 g/mol. The molecule has 0 aliphatic rings. The smallest absolute Gasteiger partial charge is 0.335 e. The summed E-state index contributed by atoms with van der Waals surface area (Å²) in [5.41, 5.74) is 1.82. The summed E-state index contributed by atoms with van der Waals surface area (Å²) in [5.74, 6) is -0.367. The first kappa shape index (κ1) is 15.8. The van der Waals surface area contributed by atoms with Crippen LogP contribution in [0.1, 0.15) is 45.4 Å². The highest BCUT2D eigenvalue weighted by Crippen LogP contribution is 2.12. The van der Waals surface area contributed by atoms with Gasteiger partial charge >= 0.3 is 5.97 Å². The van der Waals surface area contributed by atoms with Crippen LogP contribution >= 0.6 is 0 Å². The zero-order valence-electron chi connectivity index (χ0n) is 12.5. The van der Waals surface area contributed by atoms with Crippen molar-refractivity contribution in [2.24, 2.45) is 0 Å². The molecule has 2 aromatic rings. The lowest BCUT2D eigenvalue weighted by molar-refractivity contribution is 0.0696. The number of carbonyl (C=O) groups excluding carboxylic acids is 1. The molecule has 22 heavy (non-hydrogen) atoms. The molecule has 0 spiro atoms. The number of furan rings is 1. The Hall–Kier alpha value is -2.56. The number of carboxylic acids is 1. The van der Waals surface area contributed by atoms with Crippen LogP contribution in [0.3, 0.4) is 0 Å². The number of benzene rings is 1. The molecule has 0 atom stereocenters. The van der Waals surface area contributed by atoms with Gasteiger partial charge in [0.15, 0.2) is 0 Å². The minimum atomic E-state index is -0.941. The van der Waals surface area contributed by atoms with Crippen LogP contribution < -0.4 is 5.32 Å². The highest BCUT2D eigenvalue weighted by molar-refractivity contribution is 5.95. The standard InChI is InChI=1S/C17H19NO4/c1-2-3-15-14(9-11-22-15)16(19)18-10-8-12-4-6-13(7-5-12)17(20)21/h4-7,9,11H,2-3,8,10H2,1H3,(H,18,19)(H,20,21). The number of hydrogen-bond acceptors (Lipinski definition) is 3. The van der Waals surface area contributed by atoms with Crippen LogP contribution in [-0.2, 0) is 12.8 Å². The van der Waals surface area contributed by atoms with Gasteiger partial charge in [-0.05, 0) is 36.6 Å². The van der Waals surface area contributed by atoms with Gasteiger partial charge in [0.25, 0.3) is 5.91 Å². The first-order valence-electron chi connectivity index (χ1n) is 7.28. The Morgan fingerprint density at radius 1 is 1.14 bits per heavy atom. The lowest BCUT2D eigenvalue weighted by Crippen LogP contribution is -2.26. The van der Waals surface area contributed by atoms with E-state index in [2.05, 4.69) is 5.32 Å². The van der Waals surface area contributed by atoms with E-state index in [1.807, 2.05) is 6.92 Å². The van der Waals surface area contributed by atoms with Crippen molar-refractivity contribution >= 4 is 11.9 Å². The van der Waals surface area contributed by atoms with Crippen molar-refractivity contribution in [3.05, 3.63) is 59.0 Å². The Labute approximate surface area is 129 Å². The molecule has 1 aromatic carbocycles. The minimum Gasteiger partial charge on any atom is -0.478 e. The summed E-state index contributed by atoms with van der Waals surface area (Å²) in [7, 11) is 0. The average Bonchev–Trinajstić information content (AvgIpc) is 2.96. The van der Waals surface area contributed by atoms with Crippen LogP contribution in [0.2, 0.25) is 0 Å². The second-order valence-electron chi connectivity index (χ2n) is 5.02. The molecule has 5 nitrogen and oxygen atoms in total. The normalized spacial score (nSPS) is 10.4. The SMILES string of the molecule is CCCc1occc1C(=O)NCCc1ccc(C(=O)O)cc1. The molecule has 116 valence electrons. The number of hydrogen-bond donors (Lipinski definition) is 2. The Kier molecular flexibility index (Phi) is 5.36. The summed E-state index contributed by atoms with van der Waals surface area (Å²) in [4.78, 5) is 22.9. The van der Waals surface area contributed by atoms with Crippen LogP contribution in [0.25, 0.3) is 0 Å². The minimum absolute atomic E-state index is 0.139. The Balaban J connectivity index is 1.86. The molecule has 2 N–H and O–H groups in total. The summed E-state index contributed by atoms with van der Waals surface area (Å²) in [5, 5.41) is 11.7. The maximum Gasteiger partial charge on any atom is 0.335 e. The molecule has 0 saturated heterocycles. The molecule has 0 aliphatic carbocycles. The first-order chi connectivity index (χ1) is 10.6. The number of amides is 1. The topological polar surface area (TPSA) is 79.5 Å². The van der Waals surface area contributed by atoms with Crippen molar-refractivity contribution in [2.45, 2.75) is 26.2 Å². The molecule has 0 radical (unpaired) electrons. The molecule has 1 amide bonds.